The molecule has 0 saturated heterocycles. The Kier molecular flexibility index (Phi) is 5.13. The van der Waals surface area contributed by atoms with E-state index in [1.807, 2.05) is 54.6 Å². The molecule has 2 aliphatic carbocycles. The number of fused-ring (bicyclic) bond motifs is 5. The highest BCUT2D eigenvalue weighted by molar-refractivity contribution is 5.84. The molecule has 34 heavy (non-hydrogen) atoms. The van der Waals surface area contributed by atoms with Crippen molar-refractivity contribution < 1.29 is 14.9 Å². The van der Waals surface area contributed by atoms with Gasteiger partial charge in [0.2, 0.25) is 5.72 Å². The van der Waals surface area contributed by atoms with E-state index in [-0.39, 0.29) is 23.5 Å². The fourth-order valence-corrected chi connectivity index (χ4v) is 6.16. The first-order valence-corrected chi connectivity index (χ1v) is 12.1. The van der Waals surface area contributed by atoms with Gasteiger partial charge in [0.1, 0.15) is 17.2 Å². The van der Waals surface area contributed by atoms with Crippen molar-refractivity contribution in [2.75, 3.05) is 0 Å². The number of hydrogen-bond acceptors (Lipinski definition) is 5. The minimum Gasteiger partial charge on any atom is -0.507 e. The highest BCUT2D eigenvalue weighted by Crippen LogP contribution is 2.60. The summed E-state index contributed by atoms with van der Waals surface area (Å²) in [5.41, 5.74) is 1.72. The number of para-hydroxylation sites is 3. The molecule has 0 spiro atoms. The molecule has 172 valence electrons. The van der Waals surface area contributed by atoms with Gasteiger partial charge in [-0.15, -0.1) is 0 Å². The number of benzene rings is 3. The zero-order chi connectivity index (χ0) is 23.1. The molecule has 2 N–H and O–H groups in total. The van der Waals surface area contributed by atoms with E-state index < -0.39 is 5.72 Å². The Balaban J connectivity index is 1.47. The quantitative estimate of drug-likeness (QED) is 0.484. The van der Waals surface area contributed by atoms with Gasteiger partial charge in [-0.2, -0.15) is 0 Å². The molecule has 0 aromatic heterocycles. The van der Waals surface area contributed by atoms with Crippen LogP contribution in [0.25, 0.3) is 0 Å². The lowest BCUT2D eigenvalue weighted by molar-refractivity contribution is -0.0830. The first kappa shape index (κ1) is 21.0. The molecule has 3 aliphatic rings. The smallest absolute Gasteiger partial charge is 0.207 e. The number of phenolic OH excluding ortho intramolecular Hbond substituents is 2. The highest BCUT2D eigenvalue weighted by Gasteiger charge is 2.60. The van der Waals surface area contributed by atoms with E-state index in [1.165, 1.54) is 6.42 Å². The van der Waals surface area contributed by atoms with Crippen LogP contribution < -0.4 is 4.74 Å². The van der Waals surface area contributed by atoms with Crippen LogP contribution >= 0.6 is 0 Å². The Labute approximate surface area is 199 Å². The fraction of sp³-hybridized carbons (Fsp3) is 0.310. The number of nitrogens with zero attached hydrogens (tertiary/aromatic N) is 2. The summed E-state index contributed by atoms with van der Waals surface area (Å²) in [6.07, 6.45) is 7.93. The third-order valence-electron chi connectivity index (χ3n) is 7.79. The van der Waals surface area contributed by atoms with E-state index in [4.69, 9.17) is 14.7 Å². The number of rotatable bonds is 4. The van der Waals surface area contributed by atoms with Crippen molar-refractivity contribution in [2.24, 2.45) is 27.7 Å². The lowest BCUT2D eigenvalue weighted by atomic mass is 9.68. The van der Waals surface area contributed by atoms with E-state index in [9.17, 15) is 10.2 Å². The van der Waals surface area contributed by atoms with Crippen molar-refractivity contribution in [3.05, 3.63) is 89.5 Å². The predicted molar refractivity (Wildman–Crippen MR) is 133 cm³/mol. The summed E-state index contributed by atoms with van der Waals surface area (Å²) in [5.74, 6) is 2.27. The molecule has 3 aromatic carbocycles. The van der Waals surface area contributed by atoms with Gasteiger partial charge in [0.15, 0.2) is 0 Å². The van der Waals surface area contributed by atoms with E-state index in [0.717, 1.165) is 30.6 Å². The largest absolute Gasteiger partial charge is 0.507 e. The molecule has 2 fully saturated rings. The van der Waals surface area contributed by atoms with Gasteiger partial charge in [0.25, 0.3) is 0 Å². The zero-order valence-corrected chi connectivity index (χ0v) is 18.9. The third kappa shape index (κ3) is 3.47. The van der Waals surface area contributed by atoms with Gasteiger partial charge < -0.3 is 14.9 Å². The fourth-order valence-electron chi connectivity index (χ4n) is 6.16. The summed E-state index contributed by atoms with van der Waals surface area (Å²) in [6.45, 7) is 0. The number of hydrogen-bond donors (Lipinski definition) is 2. The van der Waals surface area contributed by atoms with Crippen LogP contribution in [0.4, 0.5) is 0 Å². The van der Waals surface area contributed by atoms with Gasteiger partial charge in [0, 0.05) is 41.0 Å². The molecule has 1 heterocycles. The van der Waals surface area contributed by atoms with Crippen LogP contribution in [0.5, 0.6) is 17.2 Å². The Bertz CT molecular complexity index is 1270. The molecule has 2 bridgehead atoms. The van der Waals surface area contributed by atoms with Crippen LogP contribution in [-0.2, 0) is 0 Å². The van der Waals surface area contributed by atoms with Crippen molar-refractivity contribution >= 4 is 12.4 Å². The third-order valence-corrected chi connectivity index (χ3v) is 7.79. The number of phenols is 2. The minimum atomic E-state index is -0.732. The molecule has 5 nitrogen and oxygen atoms in total. The average Bonchev–Trinajstić information content (AvgIpc) is 3.27. The average molecular weight is 453 g/mol. The van der Waals surface area contributed by atoms with Crippen molar-refractivity contribution in [3.8, 4) is 17.2 Å². The van der Waals surface area contributed by atoms with Crippen LogP contribution in [-0.4, -0.2) is 28.4 Å². The molecular formula is C29H28N2O3. The van der Waals surface area contributed by atoms with Crippen molar-refractivity contribution in [1.29, 1.82) is 0 Å². The molecule has 6 rings (SSSR count). The van der Waals surface area contributed by atoms with Crippen molar-refractivity contribution in [1.82, 2.24) is 0 Å². The Hall–Kier alpha value is -3.60. The first-order valence-electron chi connectivity index (χ1n) is 12.1. The summed E-state index contributed by atoms with van der Waals surface area (Å²) >= 11 is 0. The SMILES string of the molecule is Oc1ccccc1C=N[C@H]1c2ccccc2O[C@]2(/N=C/c3ccccc3O)C3CCC(C3)CC12. The van der Waals surface area contributed by atoms with Crippen LogP contribution in [0.1, 0.15) is 48.4 Å². The Morgan fingerprint density at radius 1 is 0.794 bits per heavy atom. The monoisotopic (exact) mass is 452 g/mol. The second-order valence-electron chi connectivity index (χ2n) is 9.71. The predicted octanol–water partition coefficient (Wildman–Crippen LogP) is 5.90. The van der Waals surface area contributed by atoms with Gasteiger partial charge in [-0.05, 0) is 61.9 Å². The Morgan fingerprint density at radius 3 is 2.24 bits per heavy atom. The number of aliphatic imine (C=N–C) groups is 2. The second-order valence-corrected chi connectivity index (χ2v) is 9.71. The van der Waals surface area contributed by atoms with Gasteiger partial charge in [-0.1, -0.05) is 42.5 Å². The van der Waals surface area contributed by atoms with E-state index in [2.05, 4.69) is 6.07 Å². The van der Waals surface area contributed by atoms with Crippen molar-refractivity contribution in [3.63, 3.8) is 0 Å². The van der Waals surface area contributed by atoms with Gasteiger partial charge in [-0.25, -0.2) is 4.99 Å². The molecule has 5 heteroatoms. The van der Waals surface area contributed by atoms with Gasteiger partial charge >= 0.3 is 0 Å². The lowest BCUT2D eigenvalue weighted by Gasteiger charge is -2.50. The summed E-state index contributed by atoms with van der Waals surface area (Å²) in [5, 5.41) is 20.6. The maximum Gasteiger partial charge on any atom is 0.207 e. The van der Waals surface area contributed by atoms with Crippen molar-refractivity contribution in [2.45, 2.75) is 37.5 Å². The van der Waals surface area contributed by atoms with Gasteiger partial charge in [-0.3, -0.25) is 4.99 Å². The molecular weight excluding hydrogens is 424 g/mol. The molecule has 1 aliphatic heterocycles. The van der Waals surface area contributed by atoms with Crippen LogP contribution in [0, 0.1) is 17.8 Å². The van der Waals surface area contributed by atoms with E-state index in [0.29, 0.717) is 23.0 Å². The zero-order valence-electron chi connectivity index (χ0n) is 18.9. The van der Waals surface area contributed by atoms with Crippen LogP contribution in [0.15, 0.2) is 82.8 Å². The first-order chi connectivity index (χ1) is 16.6. The molecule has 0 radical (unpaired) electrons. The molecule has 3 unspecified atom stereocenters. The van der Waals surface area contributed by atoms with E-state index >= 15 is 0 Å². The Morgan fingerprint density at radius 2 is 1.47 bits per heavy atom. The maximum absolute atomic E-state index is 10.3. The normalized spacial score (nSPS) is 29.6. The van der Waals surface area contributed by atoms with Gasteiger partial charge in [0.05, 0.1) is 6.04 Å². The van der Waals surface area contributed by atoms with Crippen LogP contribution in [0.2, 0.25) is 0 Å². The summed E-state index contributed by atoms with van der Waals surface area (Å²) in [4.78, 5) is 10.2. The minimum absolute atomic E-state index is 0.0675. The summed E-state index contributed by atoms with van der Waals surface area (Å²) in [7, 11) is 0. The lowest BCUT2D eigenvalue weighted by Crippen LogP contribution is -2.54. The maximum atomic E-state index is 10.3. The molecule has 2 saturated carbocycles. The standard InChI is InChI=1S/C29H28N2O3/c32-25-10-4-1-7-20(25)17-30-28-23-9-3-6-12-27(23)34-29(22-14-13-19(15-22)16-24(28)29)31-18-21-8-2-5-11-26(21)33/h1-12,17-19,22,24,28,32-33H,13-16H2/b30-17?,31-18+/t19?,22?,24?,28-,29+/m0/s1. The number of aromatic hydroxyl groups is 2. The molecule has 3 aromatic rings. The summed E-state index contributed by atoms with van der Waals surface area (Å²) in [6, 6.07) is 22.5. The topological polar surface area (TPSA) is 74.4 Å². The summed E-state index contributed by atoms with van der Waals surface area (Å²) < 4.78 is 6.82. The van der Waals surface area contributed by atoms with Crippen LogP contribution in [0.3, 0.4) is 0 Å². The second kappa shape index (κ2) is 8.32. The number of ether oxygens (including phenoxy) is 1. The highest BCUT2D eigenvalue weighted by atomic mass is 16.5. The molecule has 0 amide bonds. The van der Waals surface area contributed by atoms with E-state index in [1.54, 1.807) is 24.6 Å². The molecule has 5 atom stereocenters.